The zero-order valence-electron chi connectivity index (χ0n) is 10.3. The first-order chi connectivity index (χ1) is 9.53. The molecule has 0 spiro atoms. The van der Waals surface area contributed by atoms with Crippen molar-refractivity contribution in [3.63, 3.8) is 0 Å². The minimum Gasteiger partial charge on any atom is -0.478 e. The van der Waals surface area contributed by atoms with Crippen LogP contribution in [0.3, 0.4) is 0 Å². The van der Waals surface area contributed by atoms with Gasteiger partial charge < -0.3 is 5.11 Å². The molecule has 0 aliphatic heterocycles. The molecule has 5 N–H and O–H groups in total. The number of nitrogens with two attached hydrogens (primary N) is 2. The zero-order chi connectivity index (χ0) is 16.0. The van der Waals surface area contributed by atoms with Gasteiger partial charge in [-0.05, 0) is 11.5 Å². The summed E-state index contributed by atoms with van der Waals surface area (Å²) in [6, 6.07) is 6.18. The summed E-state index contributed by atoms with van der Waals surface area (Å²) in [7, 11) is -8.72. The van der Waals surface area contributed by atoms with Gasteiger partial charge in [-0.15, -0.1) is 0 Å². The number of fused-ring (bicyclic) bond motifs is 1. The number of rotatable bonds is 3. The summed E-state index contributed by atoms with van der Waals surface area (Å²) in [5.74, 6) is -1.55. The van der Waals surface area contributed by atoms with Crippen molar-refractivity contribution in [3.05, 3.63) is 35.9 Å². The van der Waals surface area contributed by atoms with Gasteiger partial charge in [-0.3, -0.25) is 0 Å². The third-order valence-corrected chi connectivity index (χ3v) is 4.68. The third-order valence-electron chi connectivity index (χ3n) is 2.80. The van der Waals surface area contributed by atoms with E-state index >= 15 is 0 Å². The molecule has 2 aromatic carbocycles. The summed E-state index contributed by atoms with van der Waals surface area (Å²) < 4.78 is 46.3. The molecule has 0 amide bonds. The van der Waals surface area contributed by atoms with Crippen LogP contribution in [0.4, 0.5) is 0 Å². The Labute approximate surface area is 120 Å². The van der Waals surface area contributed by atoms with Crippen LogP contribution in [0, 0.1) is 0 Å². The van der Waals surface area contributed by atoms with Crippen LogP contribution in [-0.4, -0.2) is 27.9 Å². The van der Waals surface area contributed by atoms with Gasteiger partial charge >= 0.3 is 5.97 Å². The van der Waals surface area contributed by atoms with Crippen molar-refractivity contribution < 1.29 is 26.7 Å². The Morgan fingerprint density at radius 2 is 1.38 bits per heavy atom. The Hall–Kier alpha value is -2.01. The van der Waals surface area contributed by atoms with Crippen LogP contribution in [0.25, 0.3) is 10.8 Å². The Balaban J connectivity index is 3.19. The lowest BCUT2D eigenvalue weighted by Crippen LogP contribution is -2.20. The van der Waals surface area contributed by atoms with E-state index in [2.05, 4.69) is 0 Å². The highest BCUT2D eigenvalue weighted by Crippen LogP contribution is 2.30. The normalized spacial score (nSPS) is 12.5. The minimum absolute atomic E-state index is 0.00444. The molecular weight excluding hydrogens is 320 g/mol. The highest BCUT2D eigenvalue weighted by molar-refractivity contribution is 7.90. The Kier molecular flexibility index (Phi) is 3.49. The molecule has 0 saturated carbocycles. The van der Waals surface area contributed by atoms with Crippen molar-refractivity contribution in [2.45, 2.75) is 9.79 Å². The van der Waals surface area contributed by atoms with Crippen LogP contribution >= 0.6 is 0 Å². The largest absolute Gasteiger partial charge is 0.478 e. The fourth-order valence-corrected chi connectivity index (χ4v) is 3.60. The van der Waals surface area contributed by atoms with Crippen molar-refractivity contribution in [3.8, 4) is 0 Å². The van der Waals surface area contributed by atoms with E-state index in [1.54, 1.807) is 0 Å². The lowest BCUT2D eigenvalue weighted by atomic mass is 10.0. The Morgan fingerprint density at radius 1 is 0.905 bits per heavy atom. The molecule has 0 heterocycles. The van der Waals surface area contributed by atoms with Gasteiger partial charge in [0, 0.05) is 5.39 Å². The van der Waals surface area contributed by atoms with Gasteiger partial charge in [0.1, 0.15) is 0 Å². The Morgan fingerprint density at radius 3 is 1.81 bits per heavy atom. The highest BCUT2D eigenvalue weighted by atomic mass is 32.2. The highest BCUT2D eigenvalue weighted by Gasteiger charge is 2.26. The van der Waals surface area contributed by atoms with Crippen LogP contribution in [0.5, 0.6) is 0 Å². The first-order valence-corrected chi connectivity index (χ1v) is 8.47. The standard InChI is InChI=1S/C11H10N2O6S2/c12-20(16,17)8-5-9(21(13,18)19)10(11(14)15)7-4-2-1-3-6(7)8/h1-5H,(H,14,15)(H2,12,16,17)(H2,13,18,19). The number of aromatic carboxylic acids is 1. The molecule has 0 unspecified atom stereocenters. The van der Waals surface area contributed by atoms with Crippen molar-refractivity contribution >= 4 is 36.8 Å². The molecule has 0 aromatic heterocycles. The molecule has 112 valence electrons. The van der Waals surface area contributed by atoms with E-state index in [-0.39, 0.29) is 10.8 Å². The van der Waals surface area contributed by atoms with Crippen LogP contribution < -0.4 is 10.3 Å². The molecule has 0 radical (unpaired) electrons. The molecule has 21 heavy (non-hydrogen) atoms. The van der Waals surface area contributed by atoms with E-state index in [4.69, 9.17) is 10.3 Å². The number of primary sulfonamides is 2. The maximum absolute atomic E-state index is 11.6. The first-order valence-electron chi connectivity index (χ1n) is 5.38. The van der Waals surface area contributed by atoms with Crippen LogP contribution in [0.1, 0.15) is 10.4 Å². The summed E-state index contributed by atoms with van der Waals surface area (Å²) in [6.45, 7) is 0. The van der Waals surface area contributed by atoms with E-state index < -0.39 is 41.4 Å². The SMILES string of the molecule is NS(=O)(=O)c1cc(S(N)(=O)=O)c2ccccc2c1C(=O)O. The van der Waals surface area contributed by atoms with E-state index in [9.17, 15) is 26.7 Å². The van der Waals surface area contributed by atoms with Gasteiger partial charge in [0.05, 0.1) is 15.4 Å². The predicted molar refractivity (Wildman–Crippen MR) is 73.7 cm³/mol. The predicted octanol–water partition coefficient (Wildman–Crippen LogP) is -0.167. The van der Waals surface area contributed by atoms with Gasteiger partial charge in [0.2, 0.25) is 20.0 Å². The van der Waals surface area contributed by atoms with E-state index in [1.165, 1.54) is 24.3 Å². The second-order valence-electron chi connectivity index (χ2n) is 4.19. The van der Waals surface area contributed by atoms with E-state index in [0.717, 1.165) is 0 Å². The van der Waals surface area contributed by atoms with Crippen molar-refractivity contribution in [1.29, 1.82) is 0 Å². The maximum atomic E-state index is 11.6. The van der Waals surface area contributed by atoms with E-state index in [0.29, 0.717) is 6.07 Å². The lowest BCUT2D eigenvalue weighted by molar-refractivity contribution is 0.0695. The molecule has 0 aliphatic rings. The number of carboxylic acid groups (broad SMARTS) is 1. The molecule has 0 atom stereocenters. The van der Waals surface area contributed by atoms with Gasteiger partial charge in [-0.25, -0.2) is 31.9 Å². The maximum Gasteiger partial charge on any atom is 0.337 e. The molecular formula is C11H10N2O6S2. The van der Waals surface area contributed by atoms with Gasteiger partial charge in [-0.1, -0.05) is 24.3 Å². The first kappa shape index (κ1) is 15.4. The minimum atomic E-state index is -4.45. The molecule has 2 aromatic rings. The monoisotopic (exact) mass is 330 g/mol. The summed E-state index contributed by atoms with van der Waals surface area (Å²) >= 11 is 0. The smallest absolute Gasteiger partial charge is 0.337 e. The number of hydrogen-bond donors (Lipinski definition) is 3. The van der Waals surface area contributed by atoms with Gasteiger partial charge in [0.25, 0.3) is 0 Å². The van der Waals surface area contributed by atoms with Crippen LogP contribution in [-0.2, 0) is 20.0 Å². The lowest BCUT2D eigenvalue weighted by Gasteiger charge is -2.11. The zero-order valence-corrected chi connectivity index (χ0v) is 12.0. The fourth-order valence-electron chi connectivity index (χ4n) is 2.00. The molecule has 0 aliphatic carbocycles. The van der Waals surface area contributed by atoms with Crippen molar-refractivity contribution in [2.24, 2.45) is 10.3 Å². The summed E-state index contributed by atoms with van der Waals surface area (Å²) in [4.78, 5) is 10.0. The van der Waals surface area contributed by atoms with Gasteiger partial charge in [0.15, 0.2) is 0 Å². The molecule has 8 nitrogen and oxygen atoms in total. The van der Waals surface area contributed by atoms with Crippen molar-refractivity contribution in [2.75, 3.05) is 0 Å². The third kappa shape index (κ3) is 2.74. The molecule has 10 heteroatoms. The Bertz CT molecular complexity index is 964. The molecule has 0 saturated heterocycles. The van der Waals surface area contributed by atoms with Crippen molar-refractivity contribution in [1.82, 2.24) is 0 Å². The summed E-state index contributed by atoms with van der Waals surface area (Å²) in [5.41, 5.74) is -0.597. The average molecular weight is 330 g/mol. The second-order valence-corrected chi connectivity index (χ2v) is 7.25. The summed E-state index contributed by atoms with van der Waals surface area (Å²) in [6.07, 6.45) is 0. The molecule has 0 bridgehead atoms. The number of hydrogen-bond acceptors (Lipinski definition) is 5. The molecule has 0 fully saturated rings. The quantitative estimate of drug-likeness (QED) is 0.709. The number of benzene rings is 2. The number of carbonyl (C=O) groups is 1. The molecule has 2 rings (SSSR count). The number of carboxylic acids is 1. The second kappa shape index (κ2) is 4.77. The van der Waals surface area contributed by atoms with E-state index in [1.807, 2.05) is 0 Å². The van der Waals surface area contributed by atoms with Gasteiger partial charge in [-0.2, -0.15) is 0 Å². The topological polar surface area (TPSA) is 158 Å². The summed E-state index contributed by atoms with van der Waals surface area (Å²) in [5, 5.41) is 19.2. The number of sulfonamides is 2. The average Bonchev–Trinajstić information content (AvgIpc) is 2.34. The van der Waals surface area contributed by atoms with Crippen LogP contribution in [0.15, 0.2) is 40.1 Å². The van der Waals surface area contributed by atoms with Crippen LogP contribution in [0.2, 0.25) is 0 Å². The fraction of sp³-hybridized carbons (Fsp3) is 0.